The van der Waals surface area contributed by atoms with Crippen LogP contribution in [0.5, 0.6) is 11.5 Å². The van der Waals surface area contributed by atoms with E-state index in [4.69, 9.17) is 4.74 Å². The summed E-state index contributed by atoms with van der Waals surface area (Å²) >= 11 is 1.66. The molecule has 0 saturated carbocycles. The standard InChI is InChI=1S/C21H22N4O2S/c26-21(16-5-4-11-25(14-16)15-20-23-10-12-28-20)24-18-7-1-2-8-19(18)27-17-6-3-9-22-13-17/h1-3,6-10,12-13,16H,4-5,11,14-15H2,(H,24,26)/t16-/m0/s1. The number of benzene rings is 1. The lowest BCUT2D eigenvalue weighted by molar-refractivity contribution is -0.121. The Bertz CT molecular complexity index is 902. The van der Waals surface area contributed by atoms with E-state index in [1.54, 1.807) is 23.7 Å². The van der Waals surface area contributed by atoms with Gasteiger partial charge in [0, 0.05) is 24.3 Å². The van der Waals surface area contributed by atoms with Gasteiger partial charge in [-0.05, 0) is 43.7 Å². The van der Waals surface area contributed by atoms with Gasteiger partial charge in [-0.25, -0.2) is 4.98 Å². The third kappa shape index (κ3) is 4.74. The van der Waals surface area contributed by atoms with Crippen LogP contribution in [0.15, 0.2) is 60.4 Å². The van der Waals surface area contributed by atoms with E-state index in [0.717, 1.165) is 37.5 Å². The second kappa shape index (κ2) is 8.95. The van der Waals surface area contributed by atoms with Gasteiger partial charge in [0.05, 0.1) is 24.3 Å². The molecule has 1 atom stereocenters. The van der Waals surface area contributed by atoms with Gasteiger partial charge >= 0.3 is 0 Å². The fraction of sp³-hybridized carbons (Fsp3) is 0.286. The van der Waals surface area contributed by atoms with E-state index in [-0.39, 0.29) is 11.8 Å². The van der Waals surface area contributed by atoms with Crippen molar-refractivity contribution in [2.75, 3.05) is 18.4 Å². The number of para-hydroxylation sites is 2. The summed E-state index contributed by atoms with van der Waals surface area (Å²) in [6.45, 7) is 2.56. The largest absolute Gasteiger partial charge is 0.454 e. The maximum Gasteiger partial charge on any atom is 0.228 e. The van der Waals surface area contributed by atoms with Crippen molar-refractivity contribution in [2.24, 2.45) is 5.92 Å². The van der Waals surface area contributed by atoms with Gasteiger partial charge in [0.2, 0.25) is 5.91 Å². The molecule has 0 unspecified atom stereocenters. The molecule has 0 spiro atoms. The molecule has 0 radical (unpaired) electrons. The number of carbonyl (C=O) groups excluding carboxylic acids is 1. The van der Waals surface area contributed by atoms with E-state index in [1.807, 2.05) is 48.0 Å². The maximum atomic E-state index is 12.9. The number of hydrogen-bond acceptors (Lipinski definition) is 6. The zero-order chi connectivity index (χ0) is 19.2. The number of carbonyl (C=O) groups is 1. The predicted molar refractivity (Wildman–Crippen MR) is 109 cm³/mol. The highest BCUT2D eigenvalue weighted by Crippen LogP contribution is 2.30. The molecule has 6 nitrogen and oxygen atoms in total. The Morgan fingerprint density at radius 2 is 2.18 bits per heavy atom. The molecule has 0 aliphatic carbocycles. The molecule has 7 heteroatoms. The van der Waals surface area contributed by atoms with Crippen molar-refractivity contribution >= 4 is 22.9 Å². The summed E-state index contributed by atoms with van der Waals surface area (Å²) in [6.07, 6.45) is 7.08. The Labute approximate surface area is 168 Å². The lowest BCUT2D eigenvalue weighted by Crippen LogP contribution is -2.40. The van der Waals surface area contributed by atoms with Crippen LogP contribution in [0.3, 0.4) is 0 Å². The lowest BCUT2D eigenvalue weighted by atomic mass is 9.97. The fourth-order valence-electron chi connectivity index (χ4n) is 3.36. The molecule has 3 heterocycles. The third-order valence-corrected chi connectivity index (χ3v) is 5.49. The molecule has 0 bridgehead atoms. The molecule has 1 saturated heterocycles. The molecule has 4 rings (SSSR count). The molecule has 2 aromatic heterocycles. The van der Waals surface area contributed by atoms with Gasteiger partial charge < -0.3 is 10.1 Å². The number of anilines is 1. The summed E-state index contributed by atoms with van der Waals surface area (Å²) < 4.78 is 5.89. The first-order valence-corrected chi connectivity index (χ1v) is 10.2. The van der Waals surface area contributed by atoms with Crippen molar-refractivity contribution in [3.8, 4) is 11.5 Å². The highest BCUT2D eigenvalue weighted by molar-refractivity contribution is 7.09. The maximum absolute atomic E-state index is 12.9. The Balaban J connectivity index is 1.40. The second-order valence-electron chi connectivity index (χ2n) is 6.78. The third-order valence-electron chi connectivity index (χ3n) is 4.73. The molecule has 1 aliphatic rings. The lowest BCUT2D eigenvalue weighted by Gasteiger charge is -2.31. The number of piperidine rings is 1. The second-order valence-corrected chi connectivity index (χ2v) is 7.76. The van der Waals surface area contributed by atoms with Crippen molar-refractivity contribution in [3.05, 3.63) is 65.4 Å². The summed E-state index contributed by atoms with van der Waals surface area (Å²) in [6, 6.07) is 11.1. The van der Waals surface area contributed by atoms with E-state index < -0.39 is 0 Å². The van der Waals surface area contributed by atoms with Crippen LogP contribution in [-0.4, -0.2) is 33.9 Å². The van der Waals surface area contributed by atoms with E-state index in [0.29, 0.717) is 17.2 Å². The van der Waals surface area contributed by atoms with E-state index >= 15 is 0 Å². The fourth-order valence-corrected chi connectivity index (χ4v) is 4.02. The molecule has 28 heavy (non-hydrogen) atoms. The number of pyridine rings is 1. The van der Waals surface area contributed by atoms with Gasteiger partial charge in [-0.2, -0.15) is 0 Å². The molecule has 1 fully saturated rings. The van der Waals surface area contributed by atoms with Crippen LogP contribution in [0.25, 0.3) is 0 Å². The minimum absolute atomic E-state index is 0.0334. The summed E-state index contributed by atoms with van der Waals surface area (Å²) in [5.74, 6) is 1.24. The number of nitrogens with zero attached hydrogens (tertiary/aromatic N) is 3. The van der Waals surface area contributed by atoms with Crippen molar-refractivity contribution in [2.45, 2.75) is 19.4 Å². The van der Waals surface area contributed by atoms with Gasteiger partial charge in [-0.15, -0.1) is 11.3 Å². The minimum atomic E-state index is -0.0415. The summed E-state index contributed by atoms with van der Waals surface area (Å²) in [5, 5.41) is 6.14. The monoisotopic (exact) mass is 394 g/mol. The average Bonchev–Trinajstić information content (AvgIpc) is 3.23. The summed E-state index contributed by atoms with van der Waals surface area (Å²) in [7, 11) is 0. The quantitative estimate of drug-likeness (QED) is 0.679. The first-order chi connectivity index (χ1) is 13.8. The molecule has 144 valence electrons. The van der Waals surface area contributed by atoms with Crippen LogP contribution in [0.2, 0.25) is 0 Å². The molecule has 3 aromatic rings. The van der Waals surface area contributed by atoms with Crippen LogP contribution in [-0.2, 0) is 11.3 Å². The first-order valence-electron chi connectivity index (χ1n) is 9.36. The number of hydrogen-bond donors (Lipinski definition) is 1. The molecular formula is C21H22N4O2S. The summed E-state index contributed by atoms with van der Waals surface area (Å²) in [4.78, 5) is 23.6. The number of rotatable bonds is 6. The Kier molecular flexibility index (Phi) is 5.94. The van der Waals surface area contributed by atoms with Crippen molar-refractivity contribution in [1.29, 1.82) is 0 Å². The Hall–Kier alpha value is -2.77. The van der Waals surface area contributed by atoms with Gasteiger partial charge in [-0.3, -0.25) is 14.7 Å². The van der Waals surface area contributed by atoms with E-state index in [9.17, 15) is 4.79 Å². The zero-order valence-electron chi connectivity index (χ0n) is 15.5. The minimum Gasteiger partial charge on any atom is -0.454 e. The smallest absolute Gasteiger partial charge is 0.228 e. The predicted octanol–water partition coefficient (Wildman–Crippen LogP) is 4.18. The zero-order valence-corrected chi connectivity index (χ0v) is 16.3. The van der Waals surface area contributed by atoms with Crippen LogP contribution in [0.1, 0.15) is 17.8 Å². The van der Waals surface area contributed by atoms with Gasteiger partial charge in [0.25, 0.3) is 0 Å². The van der Waals surface area contributed by atoms with E-state index in [1.165, 1.54) is 0 Å². The molecular weight excluding hydrogens is 372 g/mol. The summed E-state index contributed by atoms with van der Waals surface area (Å²) in [5.41, 5.74) is 0.674. The van der Waals surface area contributed by atoms with Crippen molar-refractivity contribution in [1.82, 2.24) is 14.9 Å². The Morgan fingerprint density at radius 3 is 3.00 bits per heavy atom. The number of amides is 1. The van der Waals surface area contributed by atoms with Crippen LogP contribution in [0.4, 0.5) is 5.69 Å². The molecule has 1 aromatic carbocycles. The van der Waals surface area contributed by atoms with Crippen LogP contribution < -0.4 is 10.1 Å². The topological polar surface area (TPSA) is 67.3 Å². The highest BCUT2D eigenvalue weighted by Gasteiger charge is 2.26. The van der Waals surface area contributed by atoms with Crippen LogP contribution >= 0.6 is 11.3 Å². The molecule has 1 amide bonds. The average molecular weight is 395 g/mol. The van der Waals surface area contributed by atoms with Crippen LogP contribution in [0, 0.1) is 5.92 Å². The highest BCUT2D eigenvalue weighted by atomic mass is 32.1. The van der Waals surface area contributed by atoms with E-state index in [2.05, 4.69) is 20.2 Å². The molecule has 1 aliphatic heterocycles. The van der Waals surface area contributed by atoms with Gasteiger partial charge in [0.15, 0.2) is 5.75 Å². The Morgan fingerprint density at radius 1 is 1.25 bits per heavy atom. The SMILES string of the molecule is O=C(Nc1ccccc1Oc1cccnc1)[C@H]1CCCN(Cc2nccs2)C1. The number of aromatic nitrogens is 2. The number of likely N-dealkylation sites (tertiary alicyclic amines) is 1. The first kappa shape index (κ1) is 18.6. The van der Waals surface area contributed by atoms with Crippen molar-refractivity contribution in [3.63, 3.8) is 0 Å². The number of thiazole rings is 1. The van der Waals surface area contributed by atoms with Crippen molar-refractivity contribution < 1.29 is 9.53 Å². The molecule has 1 N–H and O–H groups in total. The van der Waals surface area contributed by atoms with Gasteiger partial charge in [0.1, 0.15) is 10.8 Å². The normalized spacial score (nSPS) is 17.2. The number of ether oxygens (including phenoxy) is 1. The van der Waals surface area contributed by atoms with Gasteiger partial charge in [-0.1, -0.05) is 12.1 Å². The number of nitrogens with one attached hydrogen (secondary N) is 1.